The van der Waals surface area contributed by atoms with Crippen molar-refractivity contribution in [2.45, 2.75) is 26.2 Å². The molecule has 0 saturated carbocycles. The third-order valence-corrected chi connectivity index (χ3v) is 2.86. The van der Waals surface area contributed by atoms with Gasteiger partial charge in [0.25, 0.3) is 0 Å². The summed E-state index contributed by atoms with van der Waals surface area (Å²) in [6.07, 6.45) is 5.52. The lowest BCUT2D eigenvalue weighted by Gasteiger charge is -2.11. The lowest BCUT2D eigenvalue weighted by molar-refractivity contribution is -0.131. The molecule has 1 aromatic rings. The van der Waals surface area contributed by atoms with Crippen LogP contribution in [0.25, 0.3) is 11.6 Å². The summed E-state index contributed by atoms with van der Waals surface area (Å²) in [6, 6.07) is 7.59. The van der Waals surface area contributed by atoms with Crippen LogP contribution in [-0.4, -0.2) is 11.1 Å². The van der Waals surface area contributed by atoms with Crippen LogP contribution >= 0.6 is 0 Å². The molecule has 0 spiro atoms. The first-order valence-electron chi connectivity index (χ1n) is 6.22. The Labute approximate surface area is 113 Å². The molecule has 98 valence electrons. The fourth-order valence-electron chi connectivity index (χ4n) is 1.90. The van der Waals surface area contributed by atoms with Gasteiger partial charge in [0.2, 0.25) is 0 Å². The molecule has 1 N–H and O–H groups in total. The third-order valence-electron chi connectivity index (χ3n) is 2.86. The smallest absolute Gasteiger partial charge is 0.328 e. The van der Waals surface area contributed by atoms with E-state index in [1.807, 2.05) is 18.2 Å². The average Bonchev–Trinajstić information content (AvgIpc) is 2.42. The van der Waals surface area contributed by atoms with Crippen LogP contribution < -0.4 is 0 Å². The molecule has 0 aliphatic carbocycles. The fraction of sp³-hybridized carbons (Fsp3) is 0.250. The molecule has 0 aliphatic heterocycles. The van der Waals surface area contributed by atoms with Gasteiger partial charge in [0.1, 0.15) is 0 Å². The minimum atomic E-state index is -0.981. The summed E-state index contributed by atoms with van der Waals surface area (Å²) >= 11 is 0. The summed E-state index contributed by atoms with van der Waals surface area (Å²) in [6.45, 7) is 5.84. The first-order chi connectivity index (χ1) is 9.10. The number of unbranched alkanes of at least 4 members (excludes halogenated alkanes) is 1. The van der Waals surface area contributed by atoms with Crippen LogP contribution in [0.15, 0.2) is 30.9 Å². The van der Waals surface area contributed by atoms with E-state index in [2.05, 4.69) is 19.6 Å². The van der Waals surface area contributed by atoms with Crippen molar-refractivity contribution in [3.63, 3.8) is 0 Å². The van der Waals surface area contributed by atoms with Gasteiger partial charge in [0.15, 0.2) is 0 Å². The Morgan fingerprint density at radius 3 is 2.84 bits per heavy atom. The molecule has 0 aromatic heterocycles. The number of carboxylic acids is 1. The van der Waals surface area contributed by atoms with E-state index in [0.717, 1.165) is 42.0 Å². The average molecular weight is 255 g/mol. The molecule has 0 heterocycles. The number of carbonyl (C=O) groups is 1. The van der Waals surface area contributed by atoms with Gasteiger partial charge < -0.3 is 5.11 Å². The summed E-state index contributed by atoms with van der Waals surface area (Å²) in [7, 11) is 0. The van der Waals surface area contributed by atoms with Gasteiger partial charge in [-0.15, -0.1) is 0 Å². The van der Waals surface area contributed by atoms with Crippen LogP contribution in [0.4, 0.5) is 0 Å². The zero-order valence-corrected chi connectivity index (χ0v) is 11.0. The van der Waals surface area contributed by atoms with Crippen molar-refractivity contribution in [2.24, 2.45) is 0 Å². The molecule has 0 bridgehead atoms. The second-order valence-corrected chi connectivity index (χ2v) is 4.24. The first kappa shape index (κ1) is 14.7. The molecule has 0 amide bonds. The first-order valence-corrected chi connectivity index (χ1v) is 6.22. The van der Waals surface area contributed by atoms with Gasteiger partial charge in [0.05, 0.1) is 11.6 Å². The molecule has 3 nitrogen and oxygen atoms in total. The molecule has 3 heteroatoms. The molecule has 0 saturated heterocycles. The van der Waals surface area contributed by atoms with E-state index in [0.29, 0.717) is 5.57 Å². The van der Waals surface area contributed by atoms with E-state index in [4.69, 9.17) is 10.4 Å². The zero-order chi connectivity index (χ0) is 14.3. The fourth-order valence-corrected chi connectivity index (χ4v) is 1.90. The molecule has 0 aliphatic rings. The van der Waals surface area contributed by atoms with Crippen LogP contribution in [0.3, 0.4) is 0 Å². The highest BCUT2D eigenvalue weighted by Gasteiger charge is 2.09. The van der Waals surface area contributed by atoms with Crippen LogP contribution in [-0.2, 0) is 11.2 Å². The summed E-state index contributed by atoms with van der Waals surface area (Å²) in [5.41, 5.74) is 3.05. The highest BCUT2D eigenvalue weighted by molar-refractivity contribution is 5.86. The Morgan fingerprint density at radius 2 is 2.26 bits per heavy atom. The highest BCUT2D eigenvalue weighted by atomic mass is 16.4. The van der Waals surface area contributed by atoms with Gasteiger partial charge in [-0.1, -0.05) is 38.1 Å². The van der Waals surface area contributed by atoms with Gasteiger partial charge in [-0.3, -0.25) is 0 Å². The standard InChI is InChI=1S/C16H17NO2/c1-3-4-7-15-13(9-10-16(18)19)6-5-8-14(15)12(2)11-17/h5-6,8-10H,2-4,7H2,1H3,(H,18,19)/b10-9+. The van der Waals surface area contributed by atoms with E-state index in [9.17, 15) is 4.79 Å². The Morgan fingerprint density at radius 1 is 1.53 bits per heavy atom. The van der Waals surface area contributed by atoms with E-state index in [1.165, 1.54) is 0 Å². The van der Waals surface area contributed by atoms with Gasteiger partial charge in [-0.05, 0) is 35.6 Å². The van der Waals surface area contributed by atoms with Crippen molar-refractivity contribution in [2.75, 3.05) is 0 Å². The van der Waals surface area contributed by atoms with Gasteiger partial charge in [0, 0.05) is 6.08 Å². The largest absolute Gasteiger partial charge is 0.478 e. The molecule has 0 fully saturated rings. The second-order valence-electron chi connectivity index (χ2n) is 4.24. The molecule has 19 heavy (non-hydrogen) atoms. The van der Waals surface area contributed by atoms with Gasteiger partial charge >= 0.3 is 5.97 Å². The third kappa shape index (κ3) is 4.11. The minimum absolute atomic E-state index is 0.414. The Balaban J connectivity index is 3.26. The van der Waals surface area contributed by atoms with Crippen molar-refractivity contribution in [3.8, 4) is 6.07 Å². The van der Waals surface area contributed by atoms with Crippen molar-refractivity contribution in [1.29, 1.82) is 5.26 Å². The predicted molar refractivity (Wildman–Crippen MR) is 76.4 cm³/mol. The number of allylic oxidation sites excluding steroid dienone is 1. The SMILES string of the molecule is C=C(C#N)c1cccc(/C=C/C(=O)O)c1CCCC. The van der Waals surface area contributed by atoms with E-state index in [-0.39, 0.29) is 0 Å². The van der Waals surface area contributed by atoms with Crippen molar-refractivity contribution >= 4 is 17.6 Å². The molecular weight excluding hydrogens is 238 g/mol. The van der Waals surface area contributed by atoms with Gasteiger partial charge in [-0.2, -0.15) is 5.26 Å². The van der Waals surface area contributed by atoms with Crippen LogP contribution in [0, 0.1) is 11.3 Å². The predicted octanol–water partition coefficient (Wildman–Crippen LogP) is 3.66. The number of nitrogens with zero attached hydrogens (tertiary/aromatic N) is 1. The van der Waals surface area contributed by atoms with Crippen LogP contribution in [0.2, 0.25) is 0 Å². The number of aliphatic carboxylic acids is 1. The molecule has 0 atom stereocenters. The number of hydrogen-bond donors (Lipinski definition) is 1. The minimum Gasteiger partial charge on any atom is -0.478 e. The molecule has 1 aromatic carbocycles. The van der Waals surface area contributed by atoms with Crippen molar-refractivity contribution < 1.29 is 9.90 Å². The van der Waals surface area contributed by atoms with Crippen LogP contribution in [0.5, 0.6) is 0 Å². The maximum absolute atomic E-state index is 10.6. The van der Waals surface area contributed by atoms with Gasteiger partial charge in [-0.25, -0.2) is 4.79 Å². The number of benzene rings is 1. The number of carboxylic acid groups (broad SMARTS) is 1. The maximum Gasteiger partial charge on any atom is 0.328 e. The monoisotopic (exact) mass is 255 g/mol. The summed E-state index contributed by atoms with van der Waals surface area (Å²) < 4.78 is 0. The normalized spacial score (nSPS) is 10.3. The Bertz CT molecular complexity index is 550. The maximum atomic E-state index is 10.6. The lowest BCUT2D eigenvalue weighted by atomic mass is 9.92. The number of nitriles is 1. The number of rotatable bonds is 6. The molecule has 1 rings (SSSR count). The van der Waals surface area contributed by atoms with E-state index >= 15 is 0 Å². The topological polar surface area (TPSA) is 61.1 Å². The Kier molecular flexibility index (Phi) is 5.56. The lowest BCUT2D eigenvalue weighted by Crippen LogP contribution is -1.97. The van der Waals surface area contributed by atoms with E-state index in [1.54, 1.807) is 6.08 Å². The second kappa shape index (κ2) is 7.17. The van der Waals surface area contributed by atoms with Crippen molar-refractivity contribution in [3.05, 3.63) is 47.5 Å². The highest BCUT2D eigenvalue weighted by Crippen LogP contribution is 2.24. The number of hydrogen-bond acceptors (Lipinski definition) is 2. The van der Waals surface area contributed by atoms with E-state index < -0.39 is 5.97 Å². The van der Waals surface area contributed by atoms with Crippen molar-refractivity contribution in [1.82, 2.24) is 0 Å². The summed E-state index contributed by atoms with van der Waals surface area (Å²) in [4.78, 5) is 10.6. The quantitative estimate of drug-likeness (QED) is 0.623. The zero-order valence-electron chi connectivity index (χ0n) is 11.0. The van der Waals surface area contributed by atoms with Crippen LogP contribution in [0.1, 0.15) is 36.5 Å². The molecule has 0 unspecified atom stereocenters. The Hall–Kier alpha value is -2.34. The summed E-state index contributed by atoms with van der Waals surface area (Å²) in [5, 5.41) is 17.7. The molecular formula is C16H17NO2. The molecule has 0 radical (unpaired) electrons. The summed E-state index contributed by atoms with van der Waals surface area (Å²) in [5.74, 6) is -0.981.